The van der Waals surface area contributed by atoms with Crippen molar-refractivity contribution in [3.8, 4) is 5.88 Å². The molecular weight excluding hydrogens is 252 g/mol. The van der Waals surface area contributed by atoms with Crippen molar-refractivity contribution in [2.75, 3.05) is 18.0 Å². The molecule has 20 heavy (non-hydrogen) atoms. The SMILES string of the molecule is CC(C)Oc1cc(N2CC3CCCC(N)C3C2)ncn1. The van der Waals surface area contributed by atoms with Gasteiger partial charge in [0.05, 0.1) is 6.10 Å². The van der Waals surface area contributed by atoms with Gasteiger partial charge in [-0.05, 0) is 38.5 Å². The van der Waals surface area contributed by atoms with Crippen LogP contribution in [0.5, 0.6) is 5.88 Å². The molecule has 3 unspecified atom stereocenters. The molecule has 2 aliphatic rings. The number of hydrogen-bond acceptors (Lipinski definition) is 5. The van der Waals surface area contributed by atoms with Gasteiger partial charge in [-0.3, -0.25) is 0 Å². The van der Waals surface area contributed by atoms with Crippen LogP contribution in [-0.4, -0.2) is 35.2 Å². The first-order chi connectivity index (χ1) is 9.63. The van der Waals surface area contributed by atoms with Gasteiger partial charge in [0.25, 0.3) is 0 Å². The van der Waals surface area contributed by atoms with Crippen LogP contribution in [0.15, 0.2) is 12.4 Å². The van der Waals surface area contributed by atoms with E-state index in [0.29, 0.717) is 17.8 Å². The van der Waals surface area contributed by atoms with Gasteiger partial charge in [-0.2, -0.15) is 0 Å². The lowest BCUT2D eigenvalue weighted by Gasteiger charge is -2.29. The molecule has 2 heterocycles. The molecule has 1 aromatic heterocycles. The van der Waals surface area contributed by atoms with E-state index in [1.165, 1.54) is 19.3 Å². The van der Waals surface area contributed by atoms with Crippen LogP contribution in [-0.2, 0) is 0 Å². The molecule has 1 aliphatic heterocycles. The predicted octanol–water partition coefficient (Wildman–Crippen LogP) is 1.83. The average Bonchev–Trinajstić information content (AvgIpc) is 2.84. The minimum atomic E-state index is 0.132. The highest BCUT2D eigenvalue weighted by Crippen LogP contribution is 2.37. The highest BCUT2D eigenvalue weighted by atomic mass is 16.5. The Morgan fingerprint density at radius 1 is 1.30 bits per heavy atom. The second-order valence-corrected chi connectivity index (χ2v) is 6.30. The third kappa shape index (κ3) is 2.73. The van der Waals surface area contributed by atoms with E-state index in [9.17, 15) is 0 Å². The van der Waals surface area contributed by atoms with E-state index in [1.807, 2.05) is 19.9 Å². The minimum Gasteiger partial charge on any atom is -0.475 e. The molecule has 3 rings (SSSR count). The summed E-state index contributed by atoms with van der Waals surface area (Å²) in [4.78, 5) is 10.9. The van der Waals surface area contributed by atoms with E-state index < -0.39 is 0 Å². The van der Waals surface area contributed by atoms with Crippen molar-refractivity contribution in [1.82, 2.24) is 9.97 Å². The van der Waals surface area contributed by atoms with Gasteiger partial charge >= 0.3 is 0 Å². The fourth-order valence-corrected chi connectivity index (χ4v) is 3.51. The lowest BCUT2D eigenvalue weighted by atomic mass is 9.78. The predicted molar refractivity (Wildman–Crippen MR) is 78.8 cm³/mol. The normalized spacial score (nSPS) is 29.6. The Bertz CT molecular complexity index is 465. The summed E-state index contributed by atoms with van der Waals surface area (Å²) >= 11 is 0. The van der Waals surface area contributed by atoms with Gasteiger partial charge in [0, 0.05) is 25.2 Å². The van der Waals surface area contributed by atoms with Gasteiger partial charge < -0.3 is 15.4 Å². The molecule has 110 valence electrons. The smallest absolute Gasteiger partial charge is 0.218 e. The van der Waals surface area contributed by atoms with Crippen LogP contribution in [0.25, 0.3) is 0 Å². The molecule has 3 atom stereocenters. The molecule has 1 saturated heterocycles. The van der Waals surface area contributed by atoms with Crippen LogP contribution in [0.1, 0.15) is 33.1 Å². The maximum Gasteiger partial charge on any atom is 0.218 e. The molecule has 1 aromatic rings. The molecule has 5 nitrogen and oxygen atoms in total. The molecule has 1 saturated carbocycles. The zero-order valence-electron chi connectivity index (χ0n) is 12.3. The van der Waals surface area contributed by atoms with E-state index in [4.69, 9.17) is 10.5 Å². The highest BCUT2D eigenvalue weighted by Gasteiger charge is 2.39. The molecule has 5 heteroatoms. The van der Waals surface area contributed by atoms with Crippen molar-refractivity contribution in [3.05, 3.63) is 12.4 Å². The van der Waals surface area contributed by atoms with E-state index in [-0.39, 0.29) is 6.10 Å². The summed E-state index contributed by atoms with van der Waals surface area (Å²) in [6.45, 7) is 6.09. The molecule has 0 aromatic carbocycles. The van der Waals surface area contributed by atoms with Gasteiger partial charge in [0.2, 0.25) is 5.88 Å². The van der Waals surface area contributed by atoms with Gasteiger partial charge in [-0.15, -0.1) is 0 Å². The first kappa shape index (κ1) is 13.6. The number of nitrogens with two attached hydrogens (primary N) is 1. The summed E-state index contributed by atoms with van der Waals surface area (Å²) in [6, 6.07) is 2.30. The second kappa shape index (κ2) is 5.56. The van der Waals surface area contributed by atoms with E-state index in [1.54, 1.807) is 6.33 Å². The van der Waals surface area contributed by atoms with Gasteiger partial charge in [0.15, 0.2) is 0 Å². The minimum absolute atomic E-state index is 0.132. The van der Waals surface area contributed by atoms with Crippen LogP contribution >= 0.6 is 0 Å². The van der Waals surface area contributed by atoms with Crippen LogP contribution < -0.4 is 15.4 Å². The average molecular weight is 276 g/mol. The quantitative estimate of drug-likeness (QED) is 0.912. The van der Waals surface area contributed by atoms with Crippen LogP contribution in [0.2, 0.25) is 0 Å². The molecule has 0 spiro atoms. The van der Waals surface area contributed by atoms with Crippen molar-refractivity contribution < 1.29 is 4.74 Å². The summed E-state index contributed by atoms with van der Waals surface area (Å²) in [5.74, 6) is 2.97. The van der Waals surface area contributed by atoms with E-state index in [2.05, 4.69) is 14.9 Å². The Balaban J connectivity index is 1.74. The van der Waals surface area contributed by atoms with Crippen LogP contribution in [0, 0.1) is 11.8 Å². The highest BCUT2D eigenvalue weighted by molar-refractivity contribution is 5.42. The monoisotopic (exact) mass is 276 g/mol. The first-order valence-corrected chi connectivity index (χ1v) is 7.62. The third-order valence-corrected chi connectivity index (χ3v) is 4.46. The van der Waals surface area contributed by atoms with Crippen molar-refractivity contribution in [2.24, 2.45) is 17.6 Å². The largest absolute Gasteiger partial charge is 0.475 e. The van der Waals surface area contributed by atoms with Gasteiger partial charge in [-0.1, -0.05) is 6.42 Å². The maximum absolute atomic E-state index is 6.27. The zero-order valence-corrected chi connectivity index (χ0v) is 12.3. The Labute approximate surface area is 120 Å². The first-order valence-electron chi connectivity index (χ1n) is 7.62. The second-order valence-electron chi connectivity index (χ2n) is 6.30. The number of hydrogen-bond donors (Lipinski definition) is 1. The molecule has 1 aliphatic carbocycles. The van der Waals surface area contributed by atoms with Crippen molar-refractivity contribution in [2.45, 2.75) is 45.3 Å². The Morgan fingerprint density at radius 3 is 2.90 bits per heavy atom. The van der Waals surface area contributed by atoms with E-state index >= 15 is 0 Å². The van der Waals surface area contributed by atoms with Crippen LogP contribution in [0.4, 0.5) is 5.82 Å². The Kier molecular flexibility index (Phi) is 3.78. The molecular formula is C15H24N4O. The van der Waals surface area contributed by atoms with Gasteiger partial charge in [-0.25, -0.2) is 9.97 Å². The molecule has 0 radical (unpaired) electrons. The summed E-state index contributed by atoms with van der Waals surface area (Å²) in [7, 11) is 0. The fourth-order valence-electron chi connectivity index (χ4n) is 3.51. The Morgan fingerprint density at radius 2 is 2.15 bits per heavy atom. The maximum atomic E-state index is 6.27. The standard InChI is InChI=1S/C15H24N4O/c1-10(2)20-15-6-14(17-9-18-15)19-7-11-4-3-5-13(16)12(11)8-19/h6,9-13H,3-5,7-8,16H2,1-2H3. The third-order valence-electron chi connectivity index (χ3n) is 4.46. The molecule has 0 amide bonds. The molecule has 0 bridgehead atoms. The van der Waals surface area contributed by atoms with Crippen molar-refractivity contribution >= 4 is 5.82 Å². The van der Waals surface area contributed by atoms with E-state index in [0.717, 1.165) is 24.8 Å². The summed E-state index contributed by atoms with van der Waals surface area (Å²) in [5.41, 5.74) is 6.27. The van der Waals surface area contributed by atoms with Crippen LogP contribution in [0.3, 0.4) is 0 Å². The summed E-state index contributed by atoms with van der Waals surface area (Å²) in [5, 5.41) is 0. The molecule has 2 fully saturated rings. The lowest BCUT2D eigenvalue weighted by Crippen LogP contribution is -2.38. The number of ether oxygens (including phenoxy) is 1. The molecule has 2 N–H and O–H groups in total. The number of aromatic nitrogens is 2. The Hall–Kier alpha value is -1.36. The zero-order chi connectivity index (χ0) is 14.1. The number of nitrogens with zero attached hydrogens (tertiary/aromatic N) is 3. The van der Waals surface area contributed by atoms with Gasteiger partial charge in [0.1, 0.15) is 12.1 Å². The summed E-state index contributed by atoms with van der Waals surface area (Å²) in [6.07, 6.45) is 5.46. The topological polar surface area (TPSA) is 64.3 Å². The number of rotatable bonds is 3. The number of fused-ring (bicyclic) bond motifs is 1. The fraction of sp³-hybridized carbons (Fsp3) is 0.733. The number of anilines is 1. The lowest BCUT2D eigenvalue weighted by molar-refractivity contribution is 0.232. The van der Waals surface area contributed by atoms with Crippen molar-refractivity contribution in [1.29, 1.82) is 0 Å². The summed E-state index contributed by atoms with van der Waals surface area (Å²) < 4.78 is 5.65. The van der Waals surface area contributed by atoms with Crippen molar-refractivity contribution in [3.63, 3.8) is 0 Å².